The van der Waals surface area contributed by atoms with E-state index >= 15 is 0 Å². The van der Waals surface area contributed by atoms with Gasteiger partial charge in [0.05, 0.1) is 0 Å². The number of hydrogen-bond acceptors (Lipinski definition) is 4. The first-order valence-corrected chi connectivity index (χ1v) is 6.52. The lowest BCUT2D eigenvalue weighted by atomic mass is 10.2. The Hall–Kier alpha value is -1.62. The van der Waals surface area contributed by atoms with Crippen LogP contribution < -0.4 is 4.90 Å². The summed E-state index contributed by atoms with van der Waals surface area (Å²) in [5.41, 5.74) is 0.630. The van der Waals surface area contributed by atoms with Crippen molar-refractivity contribution < 1.29 is 9.90 Å². The SMILES string of the molecule is CC(C)N(CCCO)C(=O)c1ccnc(N(C)C)c1. The Morgan fingerprint density at radius 2 is 2.11 bits per heavy atom. The lowest BCUT2D eigenvalue weighted by Crippen LogP contribution is -2.38. The minimum atomic E-state index is -0.0195. The van der Waals surface area contributed by atoms with Gasteiger partial charge in [-0.2, -0.15) is 0 Å². The fourth-order valence-corrected chi connectivity index (χ4v) is 1.80. The molecule has 1 heterocycles. The average Bonchev–Trinajstić information content (AvgIpc) is 2.38. The van der Waals surface area contributed by atoms with Crippen LogP contribution in [0.1, 0.15) is 30.6 Å². The lowest BCUT2D eigenvalue weighted by Gasteiger charge is -2.27. The Kier molecular flexibility index (Phi) is 5.76. The molecule has 0 aliphatic rings. The minimum Gasteiger partial charge on any atom is -0.396 e. The Morgan fingerprint density at radius 1 is 1.42 bits per heavy atom. The fourth-order valence-electron chi connectivity index (χ4n) is 1.80. The van der Waals surface area contributed by atoms with Crippen LogP contribution in [0.15, 0.2) is 18.3 Å². The number of amides is 1. The van der Waals surface area contributed by atoms with Crippen molar-refractivity contribution in [3.05, 3.63) is 23.9 Å². The number of rotatable bonds is 6. The summed E-state index contributed by atoms with van der Waals surface area (Å²) in [6, 6.07) is 3.62. The predicted octanol–water partition coefficient (Wildman–Crippen LogP) is 1.38. The molecule has 0 aromatic carbocycles. The van der Waals surface area contributed by atoms with Gasteiger partial charge in [-0.25, -0.2) is 4.98 Å². The summed E-state index contributed by atoms with van der Waals surface area (Å²) in [7, 11) is 3.78. The molecule has 0 atom stereocenters. The number of aliphatic hydroxyl groups is 1. The number of aromatic nitrogens is 1. The number of carbonyl (C=O) groups excluding carboxylic acids is 1. The van der Waals surface area contributed by atoms with Crippen molar-refractivity contribution in [3.8, 4) is 0 Å². The first-order valence-electron chi connectivity index (χ1n) is 6.52. The molecule has 5 heteroatoms. The van der Waals surface area contributed by atoms with E-state index in [1.54, 1.807) is 23.2 Å². The molecule has 1 N–H and O–H groups in total. The molecule has 1 amide bonds. The van der Waals surface area contributed by atoms with Gasteiger partial charge in [0.25, 0.3) is 5.91 Å². The Balaban J connectivity index is 2.92. The Morgan fingerprint density at radius 3 is 2.63 bits per heavy atom. The van der Waals surface area contributed by atoms with Crippen molar-refractivity contribution in [3.63, 3.8) is 0 Å². The molecular weight excluding hydrogens is 242 g/mol. The lowest BCUT2D eigenvalue weighted by molar-refractivity contribution is 0.0693. The average molecular weight is 265 g/mol. The second-order valence-electron chi connectivity index (χ2n) is 4.97. The maximum atomic E-state index is 12.5. The topological polar surface area (TPSA) is 56.7 Å². The Labute approximate surface area is 114 Å². The predicted molar refractivity (Wildman–Crippen MR) is 76.4 cm³/mol. The standard InChI is InChI=1S/C14H23N3O2/c1-11(2)17(8-5-9-18)14(19)12-6-7-15-13(10-12)16(3)4/h6-7,10-11,18H,5,8-9H2,1-4H3. The molecule has 0 spiro atoms. The molecule has 5 nitrogen and oxygen atoms in total. The summed E-state index contributed by atoms with van der Waals surface area (Å²) >= 11 is 0. The second kappa shape index (κ2) is 7.09. The third-order valence-electron chi connectivity index (χ3n) is 2.89. The fraction of sp³-hybridized carbons (Fsp3) is 0.571. The van der Waals surface area contributed by atoms with E-state index < -0.39 is 0 Å². The zero-order valence-electron chi connectivity index (χ0n) is 12.1. The van der Waals surface area contributed by atoms with Crippen LogP contribution in [-0.2, 0) is 0 Å². The molecule has 19 heavy (non-hydrogen) atoms. The van der Waals surface area contributed by atoms with Crippen LogP contribution in [0.2, 0.25) is 0 Å². The number of aliphatic hydroxyl groups excluding tert-OH is 1. The van der Waals surface area contributed by atoms with E-state index in [0.717, 1.165) is 5.82 Å². The molecule has 0 aliphatic heterocycles. The molecule has 0 unspecified atom stereocenters. The number of anilines is 1. The summed E-state index contributed by atoms with van der Waals surface area (Å²) in [6.07, 6.45) is 2.24. The van der Waals surface area contributed by atoms with E-state index in [4.69, 9.17) is 5.11 Å². The highest BCUT2D eigenvalue weighted by Crippen LogP contribution is 2.13. The van der Waals surface area contributed by atoms with E-state index in [1.165, 1.54) is 0 Å². The number of pyridine rings is 1. The third kappa shape index (κ3) is 4.21. The van der Waals surface area contributed by atoms with Crippen molar-refractivity contribution in [1.82, 2.24) is 9.88 Å². The van der Waals surface area contributed by atoms with Crippen LogP contribution in [-0.4, -0.2) is 54.2 Å². The van der Waals surface area contributed by atoms with Gasteiger partial charge in [-0.1, -0.05) is 0 Å². The molecule has 1 aromatic heterocycles. The van der Waals surface area contributed by atoms with E-state index in [2.05, 4.69) is 4.98 Å². The molecule has 0 saturated carbocycles. The van der Waals surface area contributed by atoms with Crippen molar-refractivity contribution in [2.24, 2.45) is 0 Å². The van der Waals surface area contributed by atoms with Crippen LogP contribution in [0.5, 0.6) is 0 Å². The van der Waals surface area contributed by atoms with Crippen molar-refractivity contribution in [1.29, 1.82) is 0 Å². The van der Waals surface area contributed by atoms with E-state index in [1.807, 2.05) is 32.8 Å². The van der Waals surface area contributed by atoms with E-state index in [-0.39, 0.29) is 18.6 Å². The summed E-state index contributed by atoms with van der Waals surface area (Å²) in [4.78, 5) is 20.3. The Bertz CT molecular complexity index is 419. The van der Waals surface area contributed by atoms with Gasteiger partial charge in [0.15, 0.2) is 0 Å². The molecule has 1 rings (SSSR count). The minimum absolute atomic E-state index is 0.0195. The van der Waals surface area contributed by atoms with Gasteiger partial charge in [-0.15, -0.1) is 0 Å². The molecule has 0 aliphatic carbocycles. The molecular formula is C14H23N3O2. The van der Waals surface area contributed by atoms with Crippen LogP contribution in [0.25, 0.3) is 0 Å². The highest BCUT2D eigenvalue weighted by molar-refractivity contribution is 5.95. The largest absolute Gasteiger partial charge is 0.396 e. The highest BCUT2D eigenvalue weighted by atomic mass is 16.3. The van der Waals surface area contributed by atoms with Gasteiger partial charge in [0.2, 0.25) is 0 Å². The van der Waals surface area contributed by atoms with Crippen LogP contribution in [0.3, 0.4) is 0 Å². The van der Waals surface area contributed by atoms with Gasteiger partial charge >= 0.3 is 0 Å². The van der Waals surface area contributed by atoms with Gasteiger partial charge < -0.3 is 14.9 Å². The molecule has 0 fully saturated rings. The maximum absolute atomic E-state index is 12.5. The zero-order chi connectivity index (χ0) is 14.4. The van der Waals surface area contributed by atoms with Crippen LogP contribution >= 0.6 is 0 Å². The molecule has 0 bridgehead atoms. The summed E-state index contributed by atoms with van der Waals surface area (Å²) in [6.45, 7) is 4.61. The summed E-state index contributed by atoms with van der Waals surface area (Å²) in [5, 5.41) is 8.91. The number of nitrogens with zero attached hydrogens (tertiary/aromatic N) is 3. The monoisotopic (exact) mass is 265 g/mol. The first-order chi connectivity index (χ1) is 8.97. The van der Waals surface area contributed by atoms with Gasteiger partial charge in [0, 0.05) is 45.0 Å². The van der Waals surface area contributed by atoms with Gasteiger partial charge in [-0.05, 0) is 32.4 Å². The molecule has 1 aromatic rings. The van der Waals surface area contributed by atoms with E-state index in [0.29, 0.717) is 18.5 Å². The van der Waals surface area contributed by atoms with Crippen LogP contribution in [0, 0.1) is 0 Å². The van der Waals surface area contributed by atoms with Crippen molar-refractivity contribution >= 4 is 11.7 Å². The van der Waals surface area contributed by atoms with Crippen molar-refractivity contribution in [2.45, 2.75) is 26.3 Å². The number of carbonyl (C=O) groups is 1. The second-order valence-corrected chi connectivity index (χ2v) is 4.97. The highest BCUT2D eigenvalue weighted by Gasteiger charge is 2.18. The van der Waals surface area contributed by atoms with Crippen LogP contribution in [0.4, 0.5) is 5.82 Å². The normalized spacial score (nSPS) is 10.6. The third-order valence-corrected chi connectivity index (χ3v) is 2.89. The van der Waals surface area contributed by atoms with E-state index in [9.17, 15) is 4.79 Å². The van der Waals surface area contributed by atoms with Gasteiger partial charge in [0.1, 0.15) is 5.82 Å². The molecule has 106 valence electrons. The molecule has 0 radical (unpaired) electrons. The molecule has 0 saturated heterocycles. The smallest absolute Gasteiger partial charge is 0.254 e. The van der Waals surface area contributed by atoms with Gasteiger partial charge in [-0.3, -0.25) is 4.79 Å². The zero-order valence-corrected chi connectivity index (χ0v) is 12.1. The quantitative estimate of drug-likeness (QED) is 0.844. The maximum Gasteiger partial charge on any atom is 0.254 e. The summed E-state index contributed by atoms with van der Waals surface area (Å²) < 4.78 is 0. The summed E-state index contributed by atoms with van der Waals surface area (Å²) in [5.74, 6) is 0.741. The van der Waals surface area contributed by atoms with Crippen molar-refractivity contribution in [2.75, 3.05) is 32.1 Å². The number of hydrogen-bond donors (Lipinski definition) is 1. The first kappa shape index (κ1) is 15.4.